The molecule has 0 aromatic heterocycles. The average Bonchev–Trinajstić information content (AvgIpc) is 2.21. The van der Waals surface area contributed by atoms with E-state index < -0.39 is 5.82 Å². The molecule has 1 aromatic rings. The number of azide groups is 1. The first-order valence-corrected chi connectivity index (χ1v) is 4.72. The second-order valence-corrected chi connectivity index (χ2v) is 3.40. The van der Waals surface area contributed by atoms with Crippen molar-refractivity contribution in [3.05, 3.63) is 50.1 Å². The number of halogens is 3. The molecule has 0 N–H and O–H groups in total. The minimum absolute atomic E-state index is 0.0936. The maximum absolute atomic E-state index is 13.1. The third kappa shape index (κ3) is 3.44. The number of rotatable bonds is 3. The van der Waals surface area contributed by atoms with E-state index in [2.05, 4.69) is 10.0 Å². The fourth-order valence-electron chi connectivity index (χ4n) is 0.944. The molecule has 0 spiro atoms. The lowest BCUT2D eigenvalue weighted by atomic mass is 10.2. The molecule has 1 aromatic carbocycles. The first-order chi connectivity index (χ1) is 7.15. The molecule has 0 fully saturated rings. The van der Waals surface area contributed by atoms with Crippen molar-refractivity contribution in [3.8, 4) is 0 Å². The standard InChI is InChI=1S/C9H6Cl2FN3/c10-7-4-6(2-1-3-14-15-13)5-8(12)9(7)11/h1-2,4-5H,3H2. The fraction of sp³-hybridized carbons (Fsp3) is 0.111. The van der Waals surface area contributed by atoms with Crippen LogP contribution < -0.4 is 0 Å². The zero-order valence-electron chi connectivity index (χ0n) is 7.49. The average molecular weight is 246 g/mol. The van der Waals surface area contributed by atoms with Gasteiger partial charge in [0.15, 0.2) is 0 Å². The lowest BCUT2D eigenvalue weighted by molar-refractivity contribution is 0.628. The SMILES string of the molecule is [N-]=[N+]=NCC=Cc1cc(F)c(Cl)c(Cl)c1. The normalized spacial score (nSPS) is 10.3. The Hall–Kier alpha value is -1.22. The molecule has 0 amide bonds. The largest absolute Gasteiger partial charge is 0.205 e. The van der Waals surface area contributed by atoms with Crippen LogP contribution in [0.2, 0.25) is 10.0 Å². The summed E-state index contributed by atoms with van der Waals surface area (Å²) in [6.45, 7) is 0.207. The van der Waals surface area contributed by atoms with Gasteiger partial charge in [0.2, 0.25) is 0 Å². The predicted molar refractivity (Wildman–Crippen MR) is 59.5 cm³/mol. The van der Waals surface area contributed by atoms with Crippen molar-refractivity contribution in [2.24, 2.45) is 5.11 Å². The zero-order valence-corrected chi connectivity index (χ0v) is 9.00. The van der Waals surface area contributed by atoms with Crippen LogP contribution in [0.25, 0.3) is 16.5 Å². The second kappa shape index (κ2) is 5.61. The predicted octanol–water partition coefficient (Wildman–Crippen LogP) is 4.46. The van der Waals surface area contributed by atoms with E-state index in [0.29, 0.717) is 5.56 Å². The minimum atomic E-state index is -0.576. The van der Waals surface area contributed by atoms with E-state index in [0.717, 1.165) is 0 Å². The Balaban J connectivity index is 2.87. The summed E-state index contributed by atoms with van der Waals surface area (Å²) in [5, 5.41) is 3.35. The molecule has 0 atom stereocenters. The van der Waals surface area contributed by atoms with Crippen molar-refractivity contribution >= 4 is 29.3 Å². The van der Waals surface area contributed by atoms with Crippen LogP contribution in [0, 0.1) is 5.82 Å². The molecule has 0 saturated carbocycles. The van der Waals surface area contributed by atoms with Gasteiger partial charge >= 0.3 is 0 Å². The van der Waals surface area contributed by atoms with E-state index >= 15 is 0 Å². The summed E-state index contributed by atoms with van der Waals surface area (Å²) in [7, 11) is 0. The summed E-state index contributed by atoms with van der Waals surface area (Å²) in [4.78, 5) is 2.57. The van der Waals surface area contributed by atoms with Gasteiger partial charge in [0.1, 0.15) is 5.82 Å². The van der Waals surface area contributed by atoms with Crippen LogP contribution in [0.15, 0.2) is 23.3 Å². The molecule has 0 aliphatic carbocycles. The molecule has 1 rings (SSSR count). The van der Waals surface area contributed by atoms with Gasteiger partial charge in [-0.05, 0) is 23.2 Å². The van der Waals surface area contributed by atoms with Crippen molar-refractivity contribution < 1.29 is 4.39 Å². The van der Waals surface area contributed by atoms with E-state index in [9.17, 15) is 4.39 Å². The maximum Gasteiger partial charge on any atom is 0.143 e. The van der Waals surface area contributed by atoms with Crippen LogP contribution >= 0.6 is 23.2 Å². The third-order valence-electron chi connectivity index (χ3n) is 1.57. The lowest BCUT2D eigenvalue weighted by Crippen LogP contribution is -1.81. The Morgan fingerprint density at radius 2 is 2.20 bits per heavy atom. The molecular weight excluding hydrogens is 240 g/mol. The zero-order chi connectivity index (χ0) is 11.3. The molecule has 0 aliphatic rings. The van der Waals surface area contributed by atoms with Crippen molar-refractivity contribution in [2.45, 2.75) is 0 Å². The smallest absolute Gasteiger partial charge is 0.143 e. The first kappa shape index (κ1) is 11.9. The molecule has 15 heavy (non-hydrogen) atoms. The van der Waals surface area contributed by atoms with Gasteiger partial charge in [-0.3, -0.25) is 0 Å². The molecule has 0 aliphatic heterocycles. The molecule has 0 saturated heterocycles. The summed E-state index contributed by atoms with van der Waals surface area (Å²) in [5.74, 6) is -0.576. The summed E-state index contributed by atoms with van der Waals surface area (Å²) < 4.78 is 13.1. The summed E-state index contributed by atoms with van der Waals surface area (Å²) in [6.07, 6.45) is 3.19. The van der Waals surface area contributed by atoms with Gasteiger partial charge < -0.3 is 0 Å². The Kier molecular flexibility index (Phi) is 4.43. The maximum atomic E-state index is 13.1. The third-order valence-corrected chi connectivity index (χ3v) is 2.35. The molecule has 0 heterocycles. The van der Waals surface area contributed by atoms with Crippen molar-refractivity contribution in [1.29, 1.82) is 0 Å². The Bertz CT molecular complexity index is 416. The monoisotopic (exact) mass is 245 g/mol. The van der Waals surface area contributed by atoms with E-state index in [1.807, 2.05) is 0 Å². The summed E-state index contributed by atoms with van der Waals surface area (Å²) in [5.41, 5.74) is 8.58. The molecule has 0 unspecified atom stereocenters. The molecule has 3 nitrogen and oxygen atoms in total. The molecular formula is C9H6Cl2FN3. The molecule has 0 bridgehead atoms. The van der Waals surface area contributed by atoms with Gasteiger partial charge in [-0.1, -0.05) is 40.5 Å². The van der Waals surface area contributed by atoms with E-state index in [4.69, 9.17) is 28.7 Å². The highest BCUT2D eigenvalue weighted by molar-refractivity contribution is 6.42. The van der Waals surface area contributed by atoms with Gasteiger partial charge in [-0.2, -0.15) is 0 Å². The highest BCUT2D eigenvalue weighted by Gasteiger charge is 2.05. The number of hydrogen-bond acceptors (Lipinski definition) is 1. The summed E-state index contributed by atoms with van der Waals surface area (Å²) in [6, 6.07) is 2.78. The van der Waals surface area contributed by atoms with Crippen LogP contribution in [0.4, 0.5) is 4.39 Å². The van der Waals surface area contributed by atoms with Crippen LogP contribution in [0.1, 0.15) is 5.56 Å². The van der Waals surface area contributed by atoms with Gasteiger partial charge in [-0.25, -0.2) is 4.39 Å². The number of nitrogens with zero attached hydrogens (tertiary/aromatic N) is 3. The molecule has 78 valence electrons. The molecule has 6 heteroatoms. The van der Waals surface area contributed by atoms with Crippen LogP contribution in [-0.2, 0) is 0 Å². The van der Waals surface area contributed by atoms with Gasteiger partial charge in [0.05, 0.1) is 10.0 Å². The Morgan fingerprint density at radius 1 is 1.47 bits per heavy atom. The van der Waals surface area contributed by atoms with Crippen LogP contribution in [0.5, 0.6) is 0 Å². The van der Waals surface area contributed by atoms with E-state index in [1.54, 1.807) is 12.2 Å². The highest BCUT2D eigenvalue weighted by Crippen LogP contribution is 2.26. The minimum Gasteiger partial charge on any atom is -0.205 e. The molecule has 0 radical (unpaired) electrons. The Labute approximate surface area is 95.7 Å². The fourth-order valence-corrected chi connectivity index (χ4v) is 1.27. The quantitative estimate of drug-likeness (QED) is 0.327. The van der Waals surface area contributed by atoms with Crippen LogP contribution in [-0.4, -0.2) is 6.54 Å². The topological polar surface area (TPSA) is 48.8 Å². The number of hydrogen-bond donors (Lipinski definition) is 0. The first-order valence-electron chi connectivity index (χ1n) is 3.97. The van der Waals surface area contributed by atoms with Crippen molar-refractivity contribution in [1.82, 2.24) is 0 Å². The van der Waals surface area contributed by atoms with Gasteiger partial charge in [0, 0.05) is 11.5 Å². The van der Waals surface area contributed by atoms with Crippen molar-refractivity contribution in [2.75, 3.05) is 6.54 Å². The number of benzene rings is 1. The summed E-state index contributed by atoms with van der Waals surface area (Å²) >= 11 is 11.2. The Morgan fingerprint density at radius 3 is 2.80 bits per heavy atom. The van der Waals surface area contributed by atoms with Crippen LogP contribution in [0.3, 0.4) is 0 Å². The highest BCUT2D eigenvalue weighted by atomic mass is 35.5. The lowest BCUT2D eigenvalue weighted by Gasteiger charge is -1.99. The second-order valence-electron chi connectivity index (χ2n) is 2.61. The van der Waals surface area contributed by atoms with Gasteiger partial charge in [-0.15, -0.1) is 0 Å². The van der Waals surface area contributed by atoms with E-state index in [-0.39, 0.29) is 16.6 Å². The van der Waals surface area contributed by atoms with Gasteiger partial charge in [0.25, 0.3) is 0 Å². The van der Waals surface area contributed by atoms with Crippen molar-refractivity contribution in [3.63, 3.8) is 0 Å². The van der Waals surface area contributed by atoms with E-state index in [1.165, 1.54) is 12.1 Å².